The minimum atomic E-state index is -1.92. The van der Waals surface area contributed by atoms with E-state index in [0.29, 0.717) is 4.90 Å². The Kier molecular flexibility index (Phi) is 20.5. The third-order valence-corrected chi connectivity index (χ3v) is 10.4. The number of nitrogens with zero attached hydrogens (tertiary/aromatic N) is 4. The first kappa shape index (κ1) is 54.0. The van der Waals surface area contributed by atoms with Crippen molar-refractivity contribution < 1.29 is 82.4 Å². The minimum absolute atomic E-state index is 0.0744. The van der Waals surface area contributed by atoms with Crippen LogP contribution in [0, 0.1) is 0 Å². The van der Waals surface area contributed by atoms with Crippen molar-refractivity contribution in [3.63, 3.8) is 0 Å². The van der Waals surface area contributed by atoms with E-state index in [1.54, 1.807) is 0 Å². The largest absolute Gasteiger partial charge is 0.481 e. The van der Waals surface area contributed by atoms with Crippen LogP contribution in [0.1, 0.15) is 77.3 Å². The molecule has 67 heavy (non-hydrogen) atoms. The van der Waals surface area contributed by atoms with Gasteiger partial charge in [-0.3, -0.25) is 62.2 Å². The molecule has 0 saturated carbocycles. The van der Waals surface area contributed by atoms with Gasteiger partial charge in [-0.05, 0) is 39.0 Å². The Morgan fingerprint density at radius 3 is 2.03 bits per heavy atom. The van der Waals surface area contributed by atoms with Gasteiger partial charge in [0.1, 0.15) is 48.5 Å². The molecule has 3 rings (SSSR count). The summed E-state index contributed by atoms with van der Waals surface area (Å²) in [5.74, 6) is -14.3. The summed E-state index contributed by atoms with van der Waals surface area (Å²) >= 11 is 0. The molecule has 0 aliphatic carbocycles. The first-order valence-electron chi connectivity index (χ1n) is 21.0. The topological polar surface area (TPSA) is 430 Å². The van der Waals surface area contributed by atoms with Crippen molar-refractivity contribution in [3.8, 4) is 0 Å². The van der Waals surface area contributed by atoms with Crippen molar-refractivity contribution in [2.75, 3.05) is 13.1 Å². The van der Waals surface area contributed by atoms with Crippen LogP contribution >= 0.6 is 0 Å². The van der Waals surface area contributed by atoms with Crippen molar-refractivity contribution in [3.05, 3.63) is 11.9 Å². The summed E-state index contributed by atoms with van der Waals surface area (Å²) in [5, 5.41) is 62.3. The molecule has 3 heterocycles. The smallest absolute Gasteiger partial charge is 0.305 e. The summed E-state index contributed by atoms with van der Waals surface area (Å²) in [6.07, 6.45) is -6.49. The van der Waals surface area contributed by atoms with Gasteiger partial charge in [-0.2, -0.15) is 0 Å². The van der Waals surface area contributed by atoms with Gasteiger partial charge in [0.15, 0.2) is 0 Å². The Balaban J connectivity index is 2.02. The van der Waals surface area contributed by atoms with Crippen LogP contribution in [-0.4, -0.2) is 179 Å². The van der Waals surface area contributed by atoms with Gasteiger partial charge >= 0.3 is 17.9 Å². The molecule has 13 N–H and O–H groups in total. The van der Waals surface area contributed by atoms with Crippen LogP contribution in [0.5, 0.6) is 0 Å². The van der Waals surface area contributed by atoms with Gasteiger partial charge in [0.2, 0.25) is 53.2 Å². The number of aryl methyl sites for hydroxylation is 1. The molecule has 0 radical (unpaired) electrons. The third-order valence-electron chi connectivity index (χ3n) is 10.4. The molecule has 2 aliphatic rings. The number of carboxylic acids is 3. The number of primary amides is 1. The van der Waals surface area contributed by atoms with Crippen molar-refractivity contribution in [2.45, 2.75) is 139 Å². The number of nitrogens with one attached hydrogen (secondary N) is 7. The molecular formula is C38H55FN12O16. The Hall–Kier alpha value is -7.33. The van der Waals surface area contributed by atoms with Crippen molar-refractivity contribution >= 4 is 71.1 Å². The number of halogens is 1. The number of nitrogens with two attached hydrogens (primary N) is 1. The van der Waals surface area contributed by atoms with E-state index >= 15 is 4.39 Å². The van der Waals surface area contributed by atoms with E-state index in [1.165, 1.54) is 10.9 Å². The van der Waals surface area contributed by atoms with Crippen LogP contribution in [0.15, 0.2) is 6.20 Å². The highest BCUT2D eigenvalue weighted by molar-refractivity contribution is 5.98. The summed E-state index contributed by atoms with van der Waals surface area (Å²) < 4.78 is 16.4. The van der Waals surface area contributed by atoms with E-state index in [9.17, 15) is 78.0 Å². The molecule has 1 aromatic rings. The maximum atomic E-state index is 15.0. The lowest BCUT2D eigenvalue weighted by Gasteiger charge is -2.30. The molecule has 28 nitrogen and oxygen atoms in total. The second-order valence-electron chi connectivity index (χ2n) is 15.9. The van der Waals surface area contributed by atoms with Gasteiger partial charge in [-0.1, -0.05) is 5.21 Å². The Morgan fingerprint density at radius 2 is 1.45 bits per heavy atom. The molecule has 2 aliphatic heterocycles. The third kappa shape index (κ3) is 17.5. The lowest BCUT2D eigenvalue weighted by Crippen LogP contribution is -2.60. The number of aliphatic hydroxyl groups is 1. The first-order valence-corrected chi connectivity index (χ1v) is 21.0. The lowest BCUT2D eigenvalue weighted by atomic mass is 10.1. The molecule has 9 amide bonds. The number of rotatable bonds is 11. The maximum Gasteiger partial charge on any atom is 0.305 e. The number of hydrogen-bond acceptors (Lipinski definition) is 15. The van der Waals surface area contributed by atoms with E-state index in [0.717, 1.165) is 13.8 Å². The second kappa shape index (κ2) is 25.4. The van der Waals surface area contributed by atoms with Crippen LogP contribution in [0.3, 0.4) is 0 Å². The first-order chi connectivity index (χ1) is 31.4. The zero-order valence-electron chi connectivity index (χ0n) is 36.4. The fourth-order valence-corrected chi connectivity index (χ4v) is 7.03. The monoisotopic (exact) mass is 954 g/mol. The minimum Gasteiger partial charge on any atom is -0.481 e. The molecule has 1 saturated heterocycles. The SMILES string of the molecule is CC(=O)N[C@H]1CCCCn2cc(nn2)C[C@@H](C(N)=O)NC(=O)[C@H](CCC(=O)O)NC(=O)CNC(=O)[C@H]([C@@H](C)O)NC(=O)[C@H](CCC(=O)O)NC(=O)[C@@H]2C[C@H](F)CN2C(=O)[C@H](CC(=O)O)NC1=O. The van der Waals surface area contributed by atoms with Crippen LogP contribution < -0.4 is 43.0 Å². The van der Waals surface area contributed by atoms with E-state index in [-0.39, 0.29) is 37.9 Å². The standard InChI is InChI=1S/C38H55FN12O16/c1-17(52)31-37(66)41-14-27(54)43-22(6-8-28(55)56)34(63)45-24(32(40)61)12-20-16-50(49-48-20)10-4-3-5-21(42-18(2)53)33(62)46-25(13-30(59)60)38(67)51-15-19(39)11-26(51)36(65)44-23(35(64)47-31)7-9-29(57)58/h16-17,19,21-26,31,52H,3-15H2,1-2H3,(H2,40,61)(H,41,66)(H,42,53)(H,43,54)(H,44,65)(H,45,63)(H,46,62)(H,47,64)(H,55,56)(H,57,58)(H,59,60)/t17-,19+,21+,22+,23+,24+,25+,26+,31+/m1/s1. The highest BCUT2D eigenvalue weighted by Gasteiger charge is 2.44. The average molecular weight is 955 g/mol. The number of carbonyl (C=O) groups excluding carboxylic acids is 9. The van der Waals surface area contributed by atoms with Crippen molar-refractivity contribution in [2.24, 2.45) is 5.73 Å². The summed E-state index contributed by atoms with van der Waals surface area (Å²) in [6, 6.07) is -11.8. The summed E-state index contributed by atoms with van der Waals surface area (Å²) in [7, 11) is 0. The molecular weight excluding hydrogens is 899 g/mol. The van der Waals surface area contributed by atoms with Gasteiger partial charge < -0.3 is 68.3 Å². The number of hydrogen-bond donors (Lipinski definition) is 12. The van der Waals surface area contributed by atoms with Gasteiger partial charge in [-0.25, -0.2) is 4.39 Å². The van der Waals surface area contributed by atoms with Gasteiger partial charge in [-0.15, -0.1) is 5.10 Å². The molecule has 2 bridgehead atoms. The van der Waals surface area contributed by atoms with E-state index in [4.69, 9.17) is 5.73 Å². The van der Waals surface area contributed by atoms with Crippen LogP contribution in [0.25, 0.3) is 0 Å². The highest BCUT2D eigenvalue weighted by Crippen LogP contribution is 2.23. The predicted octanol–water partition coefficient (Wildman–Crippen LogP) is -5.94. The lowest BCUT2D eigenvalue weighted by molar-refractivity contribution is -0.146. The van der Waals surface area contributed by atoms with Crippen LogP contribution in [-0.2, 0) is 70.5 Å². The normalized spacial score (nSPS) is 26.2. The fourth-order valence-electron chi connectivity index (χ4n) is 7.03. The van der Waals surface area contributed by atoms with Crippen LogP contribution in [0.4, 0.5) is 4.39 Å². The van der Waals surface area contributed by atoms with Crippen molar-refractivity contribution in [1.29, 1.82) is 0 Å². The number of amides is 9. The van der Waals surface area contributed by atoms with Gasteiger partial charge in [0.05, 0.1) is 31.3 Å². The van der Waals surface area contributed by atoms with Crippen molar-refractivity contribution in [1.82, 2.24) is 57.1 Å². The number of aromatic nitrogens is 3. The number of aliphatic hydroxyl groups excluding tert-OH is 1. The molecule has 9 atom stereocenters. The quantitative estimate of drug-likeness (QED) is 0.0982. The zero-order valence-corrected chi connectivity index (χ0v) is 36.4. The van der Waals surface area contributed by atoms with Gasteiger partial charge in [0.25, 0.3) is 0 Å². The van der Waals surface area contributed by atoms with E-state index in [1.807, 2.05) is 0 Å². The molecule has 29 heteroatoms. The highest BCUT2D eigenvalue weighted by atomic mass is 19.1. The molecule has 370 valence electrons. The van der Waals surface area contributed by atoms with Gasteiger partial charge in [0, 0.05) is 45.3 Å². The summed E-state index contributed by atoms with van der Waals surface area (Å²) in [4.78, 5) is 154. The number of carboxylic acid groups (broad SMARTS) is 3. The number of alkyl halides is 1. The Morgan fingerprint density at radius 1 is 0.836 bits per heavy atom. The Bertz CT molecular complexity index is 2050. The molecule has 0 aromatic carbocycles. The molecule has 0 unspecified atom stereocenters. The number of aliphatic carboxylic acids is 3. The second-order valence-corrected chi connectivity index (χ2v) is 15.9. The van der Waals surface area contributed by atoms with E-state index < -0.39 is 177 Å². The molecule has 0 spiro atoms. The average Bonchev–Trinajstić information content (AvgIpc) is 3.86. The summed E-state index contributed by atoms with van der Waals surface area (Å²) in [5.41, 5.74) is 5.67. The maximum absolute atomic E-state index is 15.0. The fraction of sp³-hybridized carbons (Fsp3) is 0.632. The molecule has 1 aromatic heterocycles. The zero-order chi connectivity index (χ0) is 50.1. The van der Waals surface area contributed by atoms with E-state index in [2.05, 4.69) is 47.5 Å². The predicted molar refractivity (Wildman–Crippen MR) is 220 cm³/mol. The molecule has 1 fully saturated rings. The number of carbonyl (C=O) groups is 12. The van der Waals surface area contributed by atoms with Crippen LogP contribution in [0.2, 0.25) is 0 Å². The Labute approximate surface area is 380 Å². The summed E-state index contributed by atoms with van der Waals surface area (Å²) in [6.45, 7) is 0.563. The number of fused-ring (bicyclic) bond motifs is 3.